The molecule has 0 amide bonds. The average Bonchev–Trinajstić information content (AvgIpc) is 0.918. The van der Waals surface area contributed by atoms with Gasteiger partial charge in [-0.3, -0.25) is 0 Å². The van der Waals surface area contributed by atoms with E-state index >= 15 is 0 Å². The third-order valence-electron chi connectivity index (χ3n) is 0. The van der Waals surface area contributed by atoms with E-state index in [0.29, 0.717) is 0 Å². The summed E-state index contributed by atoms with van der Waals surface area (Å²) in [6, 6.07) is 0. The van der Waals surface area contributed by atoms with Gasteiger partial charge >= 0.3 is 59.1 Å². The minimum absolute atomic E-state index is 0. The first kappa shape index (κ1) is 16.1. The number of hydrogen-bond donors (Lipinski definition) is 0. The topological polar surface area (TPSA) is 40.1 Å². The van der Waals surface area contributed by atoms with Gasteiger partial charge < -0.3 is 9.90 Å². The van der Waals surface area contributed by atoms with Crippen molar-refractivity contribution in [3.63, 3.8) is 0 Å². The van der Waals surface area contributed by atoms with Crippen LogP contribution in [-0.2, 0) is 4.79 Å². The van der Waals surface area contributed by atoms with Gasteiger partial charge in [0.15, 0.2) is 0 Å². The van der Waals surface area contributed by atoms with E-state index in [1.54, 1.807) is 0 Å². The molecule has 20 valence electrons. The van der Waals surface area contributed by atoms with Crippen LogP contribution in [0.25, 0.3) is 0 Å². The van der Waals surface area contributed by atoms with Crippen molar-refractivity contribution in [3.8, 4) is 0 Å². The summed E-state index contributed by atoms with van der Waals surface area (Å²) in [5.41, 5.74) is 0. The summed E-state index contributed by atoms with van der Waals surface area (Å²) in [6.45, 7) is -0.500. The molecule has 0 spiro atoms. The SMILES string of the molecule is O=C[O-].[Na+].[NaH]. The molecule has 2 nitrogen and oxygen atoms in total. The van der Waals surface area contributed by atoms with E-state index in [4.69, 9.17) is 9.90 Å². The molecule has 0 aromatic heterocycles. The second-order valence-electron chi connectivity index (χ2n) is 0.0962. The Labute approximate surface area is 74.5 Å². The molecule has 0 aromatic rings. The number of hydrogen-bond acceptors (Lipinski definition) is 2. The van der Waals surface area contributed by atoms with Gasteiger partial charge in [-0.2, -0.15) is 0 Å². The summed E-state index contributed by atoms with van der Waals surface area (Å²) in [5.74, 6) is 0. The first-order valence-electron chi connectivity index (χ1n) is 0.471. The van der Waals surface area contributed by atoms with E-state index in [2.05, 4.69) is 0 Å². The van der Waals surface area contributed by atoms with Crippen molar-refractivity contribution in [2.45, 2.75) is 0 Å². The molecule has 0 unspecified atom stereocenters. The van der Waals surface area contributed by atoms with Crippen LogP contribution in [0, 0.1) is 0 Å². The van der Waals surface area contributed by atoms with Crippen LogP contribution >= 0.6 is 0 Å². The zero-order chi connectivity index (χ0) is 2.71. The van der Waals surface area contributed by atoms with E-state index in [1.807, 2.05) is 0 Å². The Bertz CT molecular complexity index is 15.1. The molecule has 0 aliphatic rings. The molecule has 0 fully saturated rings. The predicted molar refractivity (Wildman–Crippen MR) is 13.2 cm³/mol. The number of carboxylic acid groups (broad SMARTS) is 1. The Morgan fingerprint density at radius 1 is 1.60 bits per heavy atom. The quantitative estimate of drug-likeness (QED) is 0.221. The summed E-state index contributed by atoms with van der Waals surface area (Å²) in [4.78, 5) is 8.25. The number of carbonyl (C=O) groups is 1. The molecule has 5 heavy (non-hydrogen) atoms. The summed E-state index contributed by atoms with van der Waals surface area (Å²) < 4.78 is 0. The Kier molecular flexibility index (Phi) is 57.6. The third kappa shape index (κ3) is 30.5. The Morgan fingerprint density at radius 3 is 1.60 bits per heavy atom. The molecular formula is CH2Na2O2. The van der Waals surface area contributed by atoms with Gasteiger partial charge in [0.2, 0.25) is 0 Å². The molecule has 0 heterocycles. The molecular weight excluding hydrogens is 90.0 g/mol. The molecule has 0 atom stereocenters. The second-order valence-corrected chi connectivity index (χ2v) is 0.0962. The van der Waals surface area contributed by atoms with Crippen molar-refractivity contribution in [3.05, 3.63) is 0 Å². The van der Waals surface area contributed by atoms with E-state index in [0.717, 1.165) is 0 Å². The fourth-order valence-corrected chi connectivity index (χ4v) is 0. The van der Waals surface area contributed by atoms with Crippen molar-refractivity contribution in [1.29, 1.82) is 0 Å². The van der Waals surface area contributed by atoms with Crippen molar-refractivity contribution in [2.75, 3.05) is 0 Å². The predicted octanol–water partition coefficient (Wildman–Crippen LogP) is -5.28. The molecule has 0 saturated heterocycles. The van der Waals surface area contributed by atoms with Gasteiger partial charge in [0.1, 0.15) is 0 Å². The van der Waals surface area contributed by atoms with Crippen LogP contribution < -0.4 is 34.7 Å². The zero-order valence-corrected chi connectivity index (χ0v) is 4.39. The molecule has 0 aliphatic heterocycles. The maximum atomic E-state index is 8.25. The summed E-state index contributed by atoms with van der Waals surface area (Å²) in [5, 5.41) is 8.25. The third-order valence-corrected chi connectivity index (χ3v) is 0. The Hall–Kier alpha value is 1.47. The minimum atomic E-state index is -0.500. The van der Waals surface area contributed by atoms with Gasteiger partial charge in [0, 0.05) is 6.47 Å². The number of carbonyl (C=O) groups excluding carboxylic acids is 1. The van der Waals surface area contributed by atoms with E-state index < -0.39 is 6.47 Å². The molecule has 0 radical (unpaired) electrons. The fraction of sp³-hybridized carbons (Fsp3) is 0. The monoisotopic (exact) mass is 92.0 g/mol. The van der Waals surface area contributed by atoms with E-state index in [-0.39, 0.29) is 59.1 Å². The van der Waals surface area contributed by atoms with Gasteiger partial charge in [-0.15, -0.1) is 0 Å². The second kappa shape index (κ2) is 17.9. The van der Waals surface area contributed by atoms with E-state index in [9.17, 15) is 0 Å². The molecule has 4 heteroatoms. The van der Waals surface area contributed by atoms with Crippen LogP contribution in [0.15, 0.2) is 0 Å². The molecule has 0 rings (SSSR count). The number of rotatable bonds is 0. The van der Waals surface area contributed by atoms with Gasteiger partial charge in [-0.1, -0.05) is 0 Å². The summed E-state index contributed by atoms with van der Waals surface area (Å²) in [6.07, 6.45) is 0. The summed E-state index contributed by atoms with van der Waals surface area (Å²) in [7, 11) is 0. The molecule has 0 aromatic carbocycles. The van der Waals surface area contributed by atoms with E-state index in [1.165, 1.54) is 0 Å². The van der Waals surface area contributed by atoms with Crippen LogP contribution in [0.2, 0.25) is 0 Å². The van der Waals surface area contributed by atoms with Crippen LogP contribution in [0.3, 0.4) is 0 Å². The van der Waals surface area contributed by atoms with Gasteiger partial charge in [-0.05, 0) is 0 Å². The molecule has 0 N–H and O–H groups in total. The zero-order valence-electron chi connectivity index (χ0n) is 2.39. The fourth-order valence-electron chi connectivity index (χ4n) is 0. The van der Waals surface area contributed by atoms with Crippen molar-refractivity contribution in [2.24, 2.45) is 0 Å². The van der Waals surface area contributed by atoms with Crippen molar-refractivity contribution in [1.82, 2.24) is 0 Å². The summed E-state index contributed by atoms with van der Waals surface area (Å²) >= 11 is 0. The van der Waals surface area contributed by atoms with Crippen LogP contribution in [0.4, 0.5) is 0 Å². The first-order chi connectivity index (χ1) is 1.41. The molecule has 0 saturated carbocycles. The normalized spacial score (nSPS) is 2.40. The first-order valence-corrected chi connectivity index (χ1v) is 0.471. The van der Waals surface area contributed by atoms with Gasteiger partial charge in [-0.25, -0.2) is 0 Å². The van der Waals surface area contributed by atoms with Crippen LogP contribution in [-0.4, -0.2) is 36.0 Å². The molecule has 0 aliphatic carbocycles. The van der Waals surface area contributed by atoms with Crippen LogP contribution in [0.5, 0.6) is 0 Å². The Balaban J connectivity index is -0.0000000200. The Morgan fingerprint density at radius 2 is 1.60 bits per heavy atom. The van der Waals surface area contributed by atoms with Gasteiger partial charge in [0.05, 0.1) is 0 Å². The standard InChI is InChI=1S/CH2O2.2Na.H/c2-1-3;;;/h1H,(H,2,3);;;/q;;+1;/p-1. The van der Waals surface area contributed by atoms with Crippen molar-refractivity contribution >= 4 is 36.0 Å². The van der Waals surface area contributed by atoms with Crippen LogP contribution in [0.1, 0.15) is 0 Å². The molecule has 0 bridgehead atoms. The maximum absolute atomic E-state index is 8.25. The van der Waals surface area contributed by atoms with Crippen molar-refractivity contribution < 1.29 is 39.5 Å². The average molecular weight is 92.0 g/mol. The van der Waals surface area contributed by atoms with Gasteiger partial charge in [0.25, 0.3) is 0 Å².